The second kappa shape index (κ2) is 12.2. The van der Waals surface area contributed by atoms with Crippen molar-refractivity contribution in [3.8, 4) is 5.75 Å². The zero-order valence-electron chi connectivity index (χ0n) is 23.9. The highest BCUT2D eigenvalue weighted by Gasteiger charge is 2.46. The van der Waals surface area contributed by atoms with Gasteiger partial charge >= 0.3 is 0 Å². The number of para-hydroxylation sites is 2. The van der Waals surface area contributed by atoms with E-state index in [2.05, 4.69) is 30.9 Å². The molecule has 1 aromatic rings. The van der Waals surface area contributed by atoms with Crippen LogP contribution in [0.15, 0.2) is 89.0 Å². The maximum absolute atomic E-state index is 14.3. The Labute approximate surface area is 237 Å². The Hall–Kier alpha value is -3.71. The zero-order valence-corrected chi connectivity index (χ0v) is 23.9. The van der Waals surface area contributed by atoms with E-state index in [1.165, 1.54) is 5.57 Å². The number of ether oxygens (including phenoxy) is 1. The minimum atomic E-state index is -0.686. The number of nitrogens with zero attached hydrogens (tertiary/aromatic N) is 4. The van der Waals surface area contributed by atoms with E-state index >= 15 is 0 Å². The Kier molecular flexibility index (Phi) is 8.50. The predicted octanol–water partition coefficient (Wildman–Crippen LogP) is 5.09. The number of allylic oxidation sites excluding steroid dienone is 7. The highest BCUT2D eigenvalue weighted by Crippen LogP contribution is 2.39. The molecule has 0 radical (unpaired) electrons. The van der Waals surface area contributed by atoms with Crippen molar-refractivity contribution in [1.29, 1.82) is 0 Å². The van der Waals surface area contributed by atoms with Crippen molar-refractivity contribution in [3.63, 3.8) is 0 Å². The molecule has 1 unspecified atom stereocenters. The second-order valence-corrected chi connectivity index (χ2v) is 10.7. The van der Waals surface area contributed by atoms with Crippen molar-refractivity contribution in [2.75, 3.05) is 44.2 Å². The highest BCUT2D eigenvalue weighted by molar-refractivity contribution is 6.23. The summed E-state index contributed by atoms with van der Waals surface area (Å²) in [6.07, 6.45) is 18.6. The predicted molar refractivity (Wildman–Crippen MR) is 161 cm³/mol. The lowest BCUT2D eigenvalue weighted by molar-refractivity contribution is -0.128. The van der Waals surface area contributed by atoms with Gasteiger partial charge in [-0.3, -0.25) is 24.4 Å². The molecule has 40 heavy (non-hydrogen) atoms. The molecule has 7 nitrogen and oxygen atoms in total. The molecule has 4 aliphatic rings. The van der Waals surface area contributed by atoms with Crippen molar-refractivity contribution in [3.05, 3.63) is 84.0 Å². The van der Waals surface area contributed by atoms with Gasteiger partial charge in [0.2, 0.25) is 5.91 Å². The van der Waals surface area contributed by atoms with Crippen LogP contribution >= 0.6 is 0 Å². The number of carbonyl (C=O) groups excluding carboxylic acids is 2. The molecule has 5 rings (SSSR count). The van der Waals surface area contributed by atoms with Crippen LogP contribution in [-0.4, -0.2) is 72.8 Å². The summed E-state index contributed by atoms with van der Waals surface area (Å²) in [5.41, 5.74) is 2.07. The lowest BCUT2D eigenvalue weighted by Crippen LogP contribution is -2.60. The third kappa shape index (κ3) is 5.48. The van der Waals surface area contributed by atoms with Gasteiger partial charge in [-0.2, -0.15) is 0 Å². The molecule has 0 bridgehead atoms. The van der Waals surface area contributed by atoms with E-state index in [4.69, 9.17) is 9.73 Å². The number of aliphatic imine (C=N–C) groups is 1. The normalized spacial score (nSPS) is 24.0. The topological polar surface area (TPSA) is 65.5 Å². The zero-order chi connectivity index (χ0) is 28.1. The minimum absolute atomic E-state index is 0.0260. The van der Waals surface area contributed by atoms with Crippen LogP contribution in [0.3, 0.4) is 0 Å². The van der Waals surface area contributed by atoms with Crippen molar-refractivity contribution >= 4 is 23.3 Å². The molecule has 1 aromatic carbocycles. The number of carbonyl (C=O) groups is 2. The van der Waals surface area contributed by atoms with E-state index < -0.39 is 5.41 Å². The van der Waals surface area contributed by atoms with Crippen molar-refractivity contribution in [2.45, 2.75) is 46.1 Å². The molecule has 2 aliphatic carbocycles. The summed E-state index contributed by atoms with van der Waals surface area (Å²) in [6.45, 7) is 9.82. The molecule has 2 amide bonds. The fraction of sp³-hybridized carbons (Fsp3) is 0.424. The molecule has 1 saturated heterocycles. The molecule has 2 aliphatic heterocycles. The maximum Gasteiger partial charge on any atom is 0.253 e. The smallest absolute Gasteiger partial charge is 0.253 e. The summed E-state index contributed by atoms with van der Waals surface area (Å²) in [7, 11) is 0. The molecule has 0 N–H and O–H groups in total. The van der Waals surface area contributed by atoms with Gasteiger partial charge in [0.1, 0.15) is 11.6 Å². The largest absolute Gasteiger partial charge is 0.492 e. The van der Waals surface area contributed by atoms with E-state index in [0.29, 0.717) is 51.5 Å². The van der Waals surface area contributed by atoms with Crippen LogP contribution in [0.2, 0.25) is 0 Å². The molecule has 2 heterocycles. The molecule has 7 heteroatoms. The summed E-state index contributed by atoms with van der Waals surface area (Å²) < 4.78 is 5.96. The van der Waals surface area contributed by atoms with Gasteiger partial charge in [-0.05, 0) is 51.3 Å². The van der Waals surface area contributed by atoms with Gasteiger partial charge in [0.25, 0.3) is 5.91 Å². The Bertz CT molecular complexity index is 1310. The van der Waals surface area contributed by atoms with Gasteiger partial charge < -0.3 is 9.64 Å². The first kappa shape index (κ1) is 27.8. The van der Waals surface area contributed by atoms with E-state index in [1.807, 2.05) is 72.5 Å². The second-order valence-electron chi connectivity index (χ2n) is 10.7. The van der Waals surface area contributed by atoms with Crippen LogP contribution in [-0.2, 0) is 9.59 Å². The highest BCUT2D eigenvalue weighted by atomic mass is 16.5. The third-order valence-electron chi connectivity index (χ3n) is 8.30. The van der Waals surface area contributed by atoms with Crippen molar-refractivity contribution < 1.29 is 14.3 Å². The Morgan fingerprint density at radius 3 is 2.60 bits per heavy atom. The van der Waals surface area contributed by atoms with E-state index in [0.717, 1.165) is 29.9 Å². The van der Waals surface area contributed by atoms with Gasteiger partial charge in [0.15, 0.2) is 0 Å². The number of hydrogen-bond acceptors (Lipinski definition) is 5. The summed E-state index contributed by atoms with van der Waals surface area (Å²) in [5.74, 6) is 1.52. The lowest BCUT2D eigenvalue weighted by atomic mass is 9.78. The number of rotatable bonds is 7. The SMILES string of the molecule is CCOc1ccccc1N1C(=O)[C@]2(C=CC=CC2)CN=C1C(C)N1CCN(C(=O)C2=CCC=C(CC)C=C2)CC1. The maximum atomic E-state index is 14.3. The van der Waals surface area contributed by atoms with Crippen LogP contribution in [0.5, 0.6) is 5.75 Å². The molecular formula is C33H40N4O3. The van der Waals surface area contributed by atoms with E-state index in [1.54, 1.807) is 4.90 Å². The lowest BCUT2D eigenvalue weighted by Gasteiger charge is -2.44. The van der Waals surface area contributed by atoms with Gasteiger partial charge in [-0.15, -0.1) is 0 Å². The van der Waals surface area contributed by atoms with Crippen molar-refractivity contribution in [1.82, 2.24) is 9.80 Å². The fourth-order valence-electron chi connectivity index (χ4n) is 5.85. The third-order valence-corrected chi connectivity index (χ3v) is 8.30. The van der Waals surface area contributed by atoms with Crippen LogP contribution in [0.1, 0.15) is 40.0 Å². The van der Waals surface area contributed by atoms with Gasteiger partial charge in [-0.1, -0.05) is 67.2 Å². The first-order valence-electron chi connectivity index (χ1n) is 14.5. The summed E-state index contributed by atoms with van der Waals surface area (Å²) in [4.78, 5) is 38.7. The molecule has 1 fully saturated rings. The Morgan fingerprint density at radius 1 is 1.07 bits per heavy atom. The number of benzene rings is 1. The minimum Gasteiger partial charge on any atom is -0.492 e. The number of hydrogen-bond donors (Lipinski definition) is 0. The van der Waals surface area contributed by atoms with Crippen LogP contribution in [0.4, 0.5) is 5.69 Å². The van der Waals surface area contributed by atoms with Crippen molar-refractivity contribution in [2.24, 2.45) is 10.4 Å². The summed E-state index contributed by atoms with van der Waals surface area (Å²) in [5, 5.41) is 0. The Morgan fingerprint density at radius 2 is 1.88 bits per heavy atom. The molecular weight excluding hydrogens is 500 g/mol. The summed E-state index contributed by atoms with van der Waals surface area (Å²) in [6, 6.07) is 7.61. The number of anilines is 1. The number of amides is 2. The molecule has 0 aromatic heterocycles. The fourth-order valence-corrected chi connectivity index (χ4v) is 5.85. The number of amidine groups is 1. The van der Waals surface area contributed by atoms with Gasteiger partial charge in [0, 0.05) is 31.8 Å². The standard InChI is InChI=1S/C33H40N4O3/c1-4-26-12-11-13-27(17-16-26)31(38)36-22-20-35(21-23-36)25(3)30-34-24-33(18-9-6-10-19-33)32(39)37(30)28-14-7-8-15-29(28)40-5-2/h6-10,12-18,25H,4-5,11,19-24H2,1-3H3/t25?,33-/m0/s1. The molecule has 2 atom stereocenters. The average Bonchev–Trinajstić information content (AvgIpc) is 3.25. The van der Waals surface area contributed by atoms with Gasteiger partial charge in [-0.25, -0.2) is 0 Å². The first-order chi connectivity index (χ1) is 19.5. The van der Waals surface area contributed by atoms with Crippen LogP contribution in [0, 0.1) is 5.41 Å². The Balaban J connectivity index is 1.35. The average molecular weight is 541 g/mol. The van der Waals surface area contributed by atoms with Crippen LogP contribution < -0.4 is 9.64 Å². The molecule has 210 valence electrons. The summed E-state index contributed by atoms with van der Waals surface area (Å²) >= 11 is 0. The first-order valence-corrected chi connectivity index (χ1v) is 14.5. The van der Waals surface area contributed by atoms with Crippen LogP contribution in [0.25, 0.3) is 0 Å². The van der Waals surface area contributed by atoms with E-state index in [-0.39, 0.29) is 17.9 Å². The molecule has 0 saturated carbocycles. The quantitative estimate of drug-likeness (QED) is 0.483. The van der Waals surface area contributed by atoms with Gasteiger partial charge in [0.05, 0.1) is 30.3 Å². The monoisotopic (exact) mass is 540 g/mol. The van der Waals surface area contributed by atoms with E-state index in [9.17, 15) is 9.59 Å². The number of piperazine rings is 1. The molecule has 1 spiro atoms.